The lowest BCUT2D eigenvalue weighted by molar-refractivity contribution is -0.362. The topological polar surface area (TPSA) is 466 Å². The van der Waals surface area contributed by atoms with E-state index in [1.807, 2.05) is 0 Å². The number of rotatable bonds is 16. The second-order valence-electron chi connectivity index (χ2n) is 13.3. The fraction of sp³-hybridized carbons (Fsp3) is 0.786. The van der Waals surface area contributed by atoms with Crippen LogP contribution < -0.4 is 10.6 Å². The van der Waals surface area contributed by atoms with Crippen molar-refractivity contribution in [1.29, 1.82) is 0 Å². The van der Waals surface area contributed by atoms with Crippen molar-refractivity contribution in [2.24, 2.45) is 0 Å². The summed E-state index contributed by atoms with van der Waals surface area (Å²) in [5, 5.41) is 97.7. The lowest BCUT2D eigenvalue weighted by atomic mass is 9.94. The minimum Gasteiger partial charge on any atom is -0.479 e. The van der Waals surface area contributed by atoms with Gasteiger partial charge in [0.2, 0.25) is 23.9 Å². The Bertz CT molecular complexity index is 1820. The largest absolute Gasteiger partial charge is 0.479 e. The van der Waals surface area contributed by atoms with Crippen LogP contribution in [0.15, 0.2) is 11.8 Å². The number of hydrogen-bond donors (Lipinski definition) is 13. The SMILES string of the molecule is CC(=O)NC1C(O)OC(CO)[C@H](OS(=O)(=O)O)[C@@H]1O[C@@H]1OC(C(=O)O)[C@@H](O[C@@H]2OC(CO)[C@H](OS(=O)(=O)O)[C@H](O[C@@H]3OC(C(=O)O)=C[C@H](O)C3O)C2NC(C)=O)[C@H](O)C1O. The van der Waals surface area contributed by atoms with Gasteiger partial charge in [-0.05, 0) is 6.08 Å². The Balaban J connectivity index is 1.73. The highest BCUT2D eigenvalue weighted by atomic mass is 32.3. The third kappa shape index (κ3) is 12.0. The van der Waals surface area contributed by atoms with E-state index in [0.29, 0.717) is 6.08 Å². The van der Waals surface area contributed by atoms with Crippen LogP contribution in [0, 0.1) is 0 Å². The van der Waals surface area contributed by atoms with Gasteiger partial charge in [-0.1, -0.05) is 0 Å². The van der Waals surface area contributed by atoms with E-state index < -0.39 is 174 Å². The van der Waals surface area contributed by atoms with Crippen LogP contribution in [0.25, 0.3) is 0 Å². The van der Waals surface area contributed by atoms with Gasteiger partial charge < -0.3 is 89.8 Å². The van der Waals surface area contributed by atoms with Crippen molar-refractivity contribution in [3.63, 3.8) is 0 Å². The van der Waals surface area contributed by atoms with E-state index in [9.17, 15) is 91.1 Å². The second-order valence-corrected chi connectivity index (χ2v) is 15.3. The molecular formula is C28H42N2O28S2. The third-order valence-electron chi connectivity index (χ3n) is 8.94. The van der Waals surface area contributed by atoms with Crippen molar-refractivity contribution >= 4 is 44.6 Å². The van der Waals surface area contributed by atoms with Crippen molar-refractivity contribution in [2.45, 2.75) is 124 Å². The zero-order chi connectivity index (χ0) is 45.2. The van der Waals surface area contributed by atoms with Gasteiger partial charge in [-0.3, -0.25) is 18.7 Å². The van der Waals surface area contributed by atoms with Crippen molar-refractivity contribution in [3.8, 4) is 0 Å². The molecule has 60 heavy (non-hydrogen) atoms. The number of amides is 2. The average Bonchev–Trinajstić information content (AvgIpc) is 3.12. The number of aliphatic hydroxyl groups excluding tert-OH is 7. The Morgan fingerprint density at radius 1 is 0.650 bits per heavy atom. The molecule has 8 unspecified atom stereocenters. The molecule has 2 amide bonds. The summed E-state index contributed by atoms with van der Waals surface area (Å²) in [6, 6.07) is -3.98. The van der Waals surface area contributed by atoms with E-state index in [1.165, 1.54) is 0 Å². The van der Waals surface area contributed by atoms with Gasteiger partial charge in [-0.2, -0.15) is 16.8 Å². The Labute approximate surface area is 336 Å². The van der Waals surface area contributed by atoms with Crippen molar-refractivity contribution in [2.75, 3.05) is 13.2 Å². The molecule has 4 rings (SSSR count). The molecule has 4 aliphatic heterocycles. The Morgan fingerprint density at radius 2 is 1.13 bits per heavy atom. The standard InChI is InChI=1S/C28H42N2O28S2/c1-6(33)29-12-19(17(57-59(44,45)46)10(4-31)50-25(12)43)53-28-16(38)15(37)21(22(56-28)24(41)42)55-26-13(30-7(2)34)20(18(11(5-32)52-26)58-60(47,48)49)54-27-14(36)8(35)3-9(51-27)23(39)40/h3,8,10-22,25-28,31-32,35-38,43H,4-5H2,1-2H3,(H,29,33)(H,30,34)(H,39,40)(H,41,42)(H,44,45,46)(H,47,48,49)/t8-,10?,11?,12?,13?,14?,15+,16?,17-,18-,19+,20+,21-,22?,25?,26-,27-,28+/m0/s1. The van der Waals surface area contributed by atoms with Crippen LogP contribution in [-0.2, 0) is 81.5 Å². The monoisotopic (exact) mass is 918 g/mol. The third-order valence-corrected chi connectivity index (χ3v) is 9.87. The summed E-state index contributed by atoms with van der Waals surface area (Å²) in [4.78, 5) is 48.7. The van der Waals surface area contributed by atoms with E-state index in [-0.39, 0.29) is 0 Å². The summed E-state index contributed by atoms with van der Waals surface area (Å²) in [5.74, 6) is -6.83. The number of ether oxygens (including phenoxy) is 7. The van der Waals surface area contributed by atoms with Crippen LogP contribution in [0.1, 0.15) is 13.8 Å². The predicted molar refractivity (Wildman–Crippen MR) is 177 cm³/mol. The number of carbonyl (C=O) groups is 4. The molecule has 344 valence electrons. The highest BCUT2D eigenvalue weighted by Gasteiger charge is 2.58. The number of nitrogens with one attached hydrogen (secondary N) is 2. The minimum absolute atomic E-state index is 0.548. The van der Waals surface area contributed by atoms with Gasteiger partial charge in [0, 0.05) is 13.8 Å². The molecule has 0 aromatic heterocycles. The van der Waals surface area contributed by atoms with Crippen LogP contribution >= 0.6 is 0 Å². The van der Waals surface area contributed by atoms with Gasteiger partial charge in [-0.15, -0.1) is 0 Å². The average molecular weight is 919 g/mol. The molecule has 0 aromatic carbocycles. The van der Waals surface area contributed by atoms with Crippen LogP contribution in [-0.4, -0.2) is 219 Å². The normalized spacial score (nSPS) is 40.1. The molecule has 0 radical (unpaired) electrons. The first-order chi connectivity index (χ1) is 27.8. The maximum absolute atomic E-state index is 12.6. The number of aliphatic hydroxyl groups is 7. The van der Waals surface area contributed by atoms with Crippen LogP contribution in [0.3, 0.4) is 0 Å². The maximum Gasteiger partial charge on any atom is 0.397 e. The summed E-state index contributed by atoms with van der Waals surface area (Å²) < 4.78 is 113. The number of carboxylic acids is 2. The first kappa shape index (κ1) is 49.3. The zero-order valence-corrected chi connectivity index (χ0v) is 32.2. The fourth-order valence-electron chi connectivity index (χ4n) is 6.49. The molecule has 30 nitrogen and oxygen atoms in total. The number of hydrogen-bond acceptors (Lipinski definition) is 24. The van der Waals surface area contributed by atoms with E-state index in [1.54, 1.807) is 0 Å². The Hall–Kier alpha value is -3.36. The lowest BCUT2D eigenvalue weighted by Gasteiger charge is -2.49. The Kier molecular flexibility index (Phi) is 16.3. The zero-order valence-electron chi connectivity index (χ0n) is 30.6. The van der Waals surface area contributed by atoms with Gasteiger partial charge in [-0.25, -0.2) is 18.0 Å². The molecule has 0 spiro atoms. The van der Waals surface area contributed by atoms with E-state index >= 15 is 0 Å². The summed E-state index contributed by atoms with van der Waals surface area (Å²) in [6.45, 7) is -0.683. The summed E-state index contributed by atoms with van der Waals surface area (Å²) >= 11 is 0. The summed E-state index contributed by atoms with van der Waals surface area (Å²) in [7, 11) is -11.0. The van der Waals surface area contributed by atoms with Gasteiger partial charge in [0.25, 0.3) is 0 Å². The molecule has 0 aromatic rings. The van der Waals surface area contributed by atoms with Crippen molar-refractivity contribution in [3.05, 3.63) is 11.8 Å². The fourth-order valence-corrected chi connectivity index (χ4v) is 7.52. The molecule has 3 fully saturated rings. The number of carbonyl (C=O) groups excluding carboxylic acids is 2. The quantitative estimate of drug-likeness (QED) is 0.0639. The van der Waals surface area contributed by atoms with Crippen molar-refractivity contribution in [1.82, 2.24) is 10.6 Å². The van der Waals surface area contributed by atoms with Crippen LogP contribution in [0.5, 0.6) is 0 Å². The smallest absolute Gasteiger partial charge is 0.397 e. The molecule has 3 saturated heterocycles. The first-order valence-electron chi connectivity index (χ1n) is 17.0. The van der Waals surface area contributed by atoms with E-state index in [4.69, 9.17) is 33.2 Å². The van der Waals surface area contributed by atoms with Gasteiger partial charge in [0.1, 0.15) is 79.2 Å². The van der Waals surface area contributed by atoms with Gasteiger partial charge in [0.05, 0.1) is 13.2 Å². The maximum atomic E-state index is 12.6. The van der Waals surface area contributed by atoms with Crippen LogP contribution in [0.2, 0.25) is 0 Å². The molecular weight excluding hydrogens is 876 g/mol. The second kappa shape index (κ2) is 19.8. The number of aliphatic carboxylic acids is 2. The first-order valence-corrected chi connectivity index (χ1v) is 19.7. The van der Waals surface area contributed by atoms with Crippen LogP contribution in [0.4, 0.5) is 0 Å². The highest BCUT2D eigenvalue weighted by molar-refractivity contribution is 7.81. The van der Waals surface area contributed by atoms with Gasteiger partial charge >= 0.3 is 32.7 Å². The van der Waals surface area contributed by atoms with Crippen molar-refractivity contribution < 1.29 is 133 Å². The van der Waals surface area contributed by atoms with E-state index in [2.05, 4.69) is 19.0 Å². The molecule has 0 aliphatic carbocycles. The molecule has 13 N–H and O–H groups in total. The summed E-state index contributed by atoms with van der Waals surface area (Å²) in [6.07, 6.45) is -35.6. The lowest BCUT2D eigenvalue weighted by Crippen LogP contribution is -2.70. The molecule has 32 heteroatoms. The number of carboxylic acid groups (broad SMARTS) is 2. The molecule has 0 bridgehead atoms. The highest BCUT2D eigenvalue weighted by Crippen LogP contribution is 2.36. The molecule has 4 heterocycles. The van der Waals surface area contributed by atoms with E-state index in [0.717, 1.165) is 13.8 Å². The minimum atomic E-state index is -5.56. The van der Waals surface area contributed by atoms with Gasteiger partial charge in [0.15, 0.2) is 25.0 Å². The molecule has 4 aliphatic rings. The molecule has 18 atom stereocenters. The molecule has 0 saturated carbocycles. The Morgan fingerprint density at radius 3 is 1.62 bits per heavy atom. The predicted octanol–water partition coefficient (Wildman–Crippen LogP) is -8.47. The summed E-state index contributed by atoms with van der Waals surface area (Å²) in [5.41, 5.74) is 0.